The van der Waals surface area contributed by atoms with Crippen LogP contribution < -0.4 is 0 Å². The number of alkyl halides is 4. The van der Waals surface area contributed by atoms with Crippen LogP contribution in [0.15, 0.2) is 0 Å². The van der Waals surface area contributed by atoms with Crippen LogP contribution in [-0.4, -0.2) is 27.8 Å². The summed E-state index contributed by atoms with van der Waals surface area (Å²) in [7, 11) is 0. The molecule has 0 spiro atoms. The molecule has 0 heterocycles. The van der Waals surface area contributed by atoms with Gasteiger partial charge in [0.25, 0.3) is 0 Å². The molecule has 0 radical (unpaired) electrons. The maximum atomic E-state index is 12.2. The zero-order valence-corrected chi connectivity index (χ0v) is 5.91. The second-order valence-corrected chi connectivity index (χ2v) is 2.67. The zero-order valence-electron chi connectivity index (χ0n) is 5.91. The molecule has 0 bridgehead atoms. The van der Waals surface area contributed by atoms with Crippen molar-refractivity contribution in [3.8, 4) is 0 Å². The molecule has 0 rings (SSSR count). The predicted molar refractivity (Wildman–Crippen MR) is 28.4 cm³/mol. The van der Waals surface area contributed by atoms with Crippen LogP contribution in [0.3, 0.4) is 0 Å². The molecule has 2 nitrogen and oxygen atoms in total. The fourth-order valence-electron chi connectivity index (χ4n) is 0.368. The lowest BCUT2D eigenvalue weighted by Gasteiger charge is -2.31. The molecule has 11 heavy (non-hydrogen) atoms. The first-order valence-corrected chi connectivity index (χ1v) is 2.70. The van der Waals surface area contributed by atoms with Crippen LogP contribution in [0.25, 0.3) is 0 Å². The van der Waals surface area contributed by atoms with Crippen LogP contribution in [-0.2, 0) is 0 Å². The first-order chi connectivity index (χ1) is 4.50. The van der Waals surface area contributed by atoms with Crippen molar-refractivity contribution < 1.29 is 27.8 Å². The highest BCUT2D eigenvalue weighted by atomic mass is 19.3. The Balaban J connectivity index is 4.75. The summed E-state index contributed by atoms with van der Waals surface area (Å²) in [6.45, 7) is 0.967. The third-order valence-electron chi connectivity index (χ3n) is 1.15. The van der Waals surface area contributed by atoms with Crippen LogP contribution in [0.2, 0.25) is 0 Å². The summed E-state index contributed by atoms with van der Waals surface area (Å²) in [5.74, 6) is -4.85. The van der Waals surface area contributed by atoms with Crippen LogP contribution >= 0.6 is 0 Å². The summed E-state index contributed by atoms with van der Waals surface area (Å²) in [4.78, 5) is 0. The SMILES string of the molecule is CC(C)(O)C(F)(F)C(O)(F)F. The summed E-state index contributed by atoms with van der Waals surface area (Å²) in [6, 6.07) is 0. The van der Waals surface area contributed by atoms with Gasteiger partial charge >= 0.3 is 12.0 Å². The molecule has 0 aromatic heterocycles. The molecule has 0 aliphatic heterocycles. The predicted octanol–water partition coefficient (Wildman–Crippen LogP) is 0.978. The van der Waals surface area contributed by atoms with Crippen molar-refractivity contribution in [3.63, 3.8) is 0 Å². The highest BCUT2D eigenvalue weighted by molar-refractivity contribution is 4.90. The Morgan fingerprint density at radius 1 is 0.909 bits per heavy atom. The van der Waals surface area contributed by atoms with Crippen molar-refractivity contribution in [2.24, 2.45) is 0 Å². The minimum absolute atomic E-state index is 0.483. The Morgan fingerprint density at radius 2 is 1.18 bits per heavy atom. The van der Waals surface area contributed by atoms with Gasteiger partial charge in [-0.15, -0.1) is 0 Å². The third kappa shape index (κ3) is 1.81. The van der Waals surface area contributed by atoms with Crippen molar-refractivity contribution in [1.29, 1.82) is 0 Å². The van der Waals surface area contributed by atoms with Gasteiger partial charge in [0.2, 0.25) is 0 Å². The summed E-state index contributed by atoms with van der Waals surface area (Å²) in [5.41, 5.74) is -2.95. The maximum absolute atomic E-state index is 12.2. The van der Waals surface area contributed by atoms with E-state index in [9.17, 15) is 17.6 Å². The quantitative estimate of drug-likeness (QED) is 0.615. The average Bonchev–Trinajstić information content (AvgIpc) is 1.58. The summed E-state index contributed by atoms with van der Waals surface area (Å²) in [6.07, 6.45) is -5.20. The lowest BCUT2D eigenvalue weighted by molar-refractivity contribution is -0.367. The van der Waals surface area contributed by atoms with Crippen molar-refractivity contribution >= 4 is 0 Å². The van der Waals surface area contributed by atoms with Crippen LogP contribution in [0.4, 0.5) is 17.6 Å². The van der Waals surface area contributed by atoms with E-state index in [0.29, 0.717) is 13.8 Å². The molecule has 0 aliphatic carbocycles. The zero-order chi connectivity index (χ0) is 9.50. The molecule has 0 aliphatic rings. The summed E-state index contributed by atoms with van der Waals surface area (Å²) < 4.78 is 47.7. The van der Waals surface area contributed by atoms with Crippen molar-refractivity contribution in [1.82, 2.24) is 0 Å². The van der Waals surface area contributed by atoms with Crippen LogP contribution in [0.1, 0.15) is 13.8 Å². The topological polar surface area (TPSA) is 40.5 Å². The highest BCUT2D eigenvalue weighted by Gasteiger charge is 2.64. The van der Waals surface area contributed by atoms with Gasteiger partial charge < -0.3 is 10.2 Å². The second kappa shape index (κ2) is 2.31. The molecule has 6 heteroatoms. The smallest absolute Gasteiger partial charge is 0.384 e. The normalized spacial score (nSPS) is 15.3. The maximum Gasteiger partial charge on any atom is 0.419 e. The Kier molecular flexibility index (Phi) is 2.24. The van der Waals surface area contributed by atoms with Gasteiger partial charge in [-0.3, -0.25) is 0 Å². The first kappa shape index (κ1) is 10.6. The van der Waals surface area contributed by atoms with E-state index in [0.717, 1.165) is 0 Å². The Morgan fingerprint density at radius 3 is 1.18 bits per heavy atom. The molecular formula is C5H8F4O2. The van der Waals surface area contributed by atoms with Gasteiger partial charge in [0.05, 0.1) is 0 Å². The summed E-state index contributed by atoms with van der Waals surface area (Å²) in [5, 5.41) is 16.1. The monoisotopic (exact) mass is 176 g/mol. The van der Waals surface area contributed by atoms with E-state index in [-0.39, 0.29) is 0 Å². The Bertz CT molecular complexity index is 128. The van der Waals surface area contributed by atoms with Gasteiger partial charge in [0.15, 0.2) is 0 Å². The Labute approximate surface area is 60.4 Å². The largest absolute Gasteiger partial charge is 0.419 e. The minimum Gasteiger partial charge on any atom is -0.384 e. The highest BCUT2D eigenvalue weighted by Crippen LogP contribution is 2.40. The van der Waals surface area contributed by atoms with Crippen LogP contribution in [0.5, 0.6) is 0 Å². The standard InChI is InChI=1S/C5H8F4O2/c1-3(2,10)4(6,7)5(8,9)11/h10-11H,1-2H3. The summed E-state index contributed by atoms with van der Waals surface area (Å²) >= 11 is 0. The van der Waals surface area contributed by atoms with Crippen molar-refractivity contribution in [2.75, 3.05) is 0 Å². The minimum atomic E-state index is -5.20. The van der Waals surface area contributed by atoms with E-state index < -0.39 is 17.6 Å². The van der Waals surface area contributed by atoms with E-state index in [1.54, 1.807) is 0 Å². The molecule has 2 N–H and O–H groups in total. The first-order valence-electron chi connectivity index (χ1n) is 2.70. The molecule has 0 unspecified atom stereocenters. The van der Waals surface area contributed by atoms with Crippen molar-refractivity contribution in [3.05, 3.63) is 0 Å². The van der Waals surface area contributed by atoms with E-state index in [4.69, 9.17) is 10.2 Å². The fourth-order valence-corrected chi connectivity index (χ4v) is 0.368. The molecule has 0 aromatic carbocycles. The van der Waals surface area contributed by atoms with E-state index in [1.165, 1.54) is 0 Å². The van der Waals surface area contributed by atoms with Gasteiger partial charge in [-0.25, -0.2) is 0 Å². The van der Waals surface area contributed by atoms with Gasteiger partial charge in [0, 0.05) is 0 Å². The number of hydrogen-bond acceptors (Lipinski definition) is 2. The van der Waals surface area contributed by atoms with Gasteiger partial charge in [-0.05, 0) is 13.8 Å². The molecule has 0 fully saturated rings. The average molecular weight is 176 g/mol. The van der Waals surface area contributed by atoms with E-state index in [1.807, 2.05) is 0 Å². The number of halogens is 4. The lowest BCUT2D eigenvalue weighted by atomic mass is 10.00. The van der Waals surface area contributed by atoms with Crippen molar-refractivity contribution in [2.45, 2.75) is 31.5 Å². The van der Waals surface area contributed by atoms with Crippen LogP contribution in [0, 0.1) is 0 Å². The third-order valence-corrected chi connectivity index (χ3v) is 1.15. The number of hydrogen-bond donors (Lipinski definition) is 2. The van der Waals surface area contributed by atoms with Gasteiger partial charge in [-0.1, -0.05) is 0 Å². The Hall–Kier alpha value is -0.360. The number of aliphatic hydroxyl groups is 2. The molecular weight excluding hydrogens is 168 g/mol. The number of rotatable bonds is 2. The molecule has 0 aromatic rings. The second-order valence-electron chi connectivity index (χ2n) is 2.67. The van der Waals surface area contributed by atoms with Gasteiger partial charge in [0.1, 0.15) is 5.60 Å². The van der Waals surface area contributed by atoms with Gasteiger partial charge in [-0.2, -0.15) is 17.6 Å². The fraction of sp³-hybridized carbons (Fsp3) is 1.00. The molecule has 0 amide bonds. The lowest BCUT2D eigenvalue weighted by Crippen LogP contribution is -2.55. The molecule has 68 valence electrons. The molecule has 0 saturated heterocycles. The molecule has 0 saturated carbocycles. The molecule has 0 atom stereocenters. The van der Waals surface area contributed by atoms with E-state index >= 15 is 0 Å². The van der Waals surface area contributed by atoms with E-state index in [2.05, 4.69) is 0 Å².